The Labute approximate surface area is 213 Å². The van der Waals surface area contributed by atoms with Gasteiger partial charge in [0, 0.05) is 17.7 Å². The van der Waals surface area contributed by atoms with Crippen molar-refractivity contribution in [1.82, 2.24) is 4.90 Å². The van der Waals surface area contributed by atoms with Crippen molar-refractivity contribution in [3.05, 3.63) is 71.9 Å². The predicted octanol–water partition coefficient (Wildman–Crippen LogP) is 7.92. The van der Waals surface area contributed by atoms with Crippen molar-refractivity contribution >= 4 is 18.5 Å². The lowest BCUT2D eigenvalue weighted by atomic mass is 9.80. The molecule has 2 saturated carbocycles. The molecule has 0 aromatic heterocycles. The molecule has 0 heterocycles. The summed E-state index contributed by atoms with van der Waals surface area (Å²) in [4.78, 5) is 16.1. The zero-order chi connectivity index (χ0) is 23.8. The fourth-order valence-electron chi connectivity index (χ4n) is 5.95. The van der Waals surface area contributed by atoms with Crippen LogP contribution in [0.4, 0.5) is 0 Å². The number of hydrogen-bond donors (Lipinski definition) is 1. The lowest BCUT2D eigenvalue weighted by Gasteiger charge is -2.41. The molecule has 4 rings (SSSR count). The summed E-state index contributed by atoms with van der Waals surface area (Å²) in [7, 11) is 0. The Hall–Kier alpha value is -1.74. The second-order valence-electron chi connectivity index (χ2n) is 10.6. The van der Waals surface area contributed by atoms with E-state index in [0.717, 1.165) is 45.1 Å². The minimum atomic E-state index is 0.131. The highest BCUT2D eigenvalue weighted by atomic mass is 32.1. The minimum absolute atomic E-state index is 0.131. The Morgan fingerprint density at radius 3 is 2.62 bits per heavy atom. The molecule has 2 nitrogen and oxygen atoms in total. The van der Waals surface area contributed by atoms with E-state index in [4.69, 9.17) is 12.6 Å². The van der Waals surface area contributed by atoms with Gasteiger partial charge in [0.05, 0.1) is 6.04 Å². The fraction of sp³-hybridized carbons (Fsp3) is 0.581. The molecule has 34 heavy (non-hydrogen) atoms. The van der Waals surface area contributed by atoms with Crippen LogP contribution in [0.5, 0.6) is 0 Å². The summed E-state index contributed by atoms with van der Waals surface area (Å²) in [6, 6.07) is 0.191. The van der Waals surface area contributed by atoms with Crippen LogP contribution < -0.4 is 0 Å². The van der Waals surface area contributed by atoms with Crippen molar-refractivity contribution in [3.63, 3.8) is 0 Å². The third-order valence-electron chi connectivity index (χ3n) is 7.95. The molecule has 4 aliphatic carbocycles. The molecule has 3 heteroatoms. The number of hydrogen-bond acceptors (Lipinski definition) is 2. The molecule has 0 saturated heterocycles. The molecule has 1 amide bonds. The largest absolute Gasteiger partial charge is 0.331 e. The summed E-state index contributed by atoms with van der Waals surface area (Å²) in [5, 5.41) is 0.224. The van der Waals surface area contributed by atoms with Gasteiger partial charge in [0.1, 0.15) is 0 Å². The molecule has 1 unspecified atom stereocenters. The predicted molar refractivity (Wildman–Crippen MR) is 148 cm³/mol. The third-order valence-corrected chi connectivity index (χ3v) is 8.37. The molecule has 0 N–H and O–H groups in total. The highest BCUT2D eigenvalue weighted by Gasteiger charge is 2.46. The first-order chi connectivity index (χ1) is 16.7. The van der Waals surface area contributed by atoms with E-state index in [-0.39, 0.29) is 17.2 Å². The van der Waals surface area contributed by atoms with Crippen molar-refractivity contribution in [2.24, 2.45) is 11.8 Å². The summed E-state index contributed by atoms with van der Waals surface area (Å²) in [6.07, 6.45) is 32.8. The molecule has 184 valence electrons. The van der Waals surface area contributed by atoms with E-state index in [1.165, 1.54) is 56.1 Å². The molecule has 2 fully saturated rings. The van der Waals surface area contributed by atoms with E-state index in [9.17, 15) is 4.79 Å². The van der Waals surface area contributed by atoms with Gasteiger partial charge in [-0.25, -0.2) is 0 Å². The van der Waals surface area contributed by atoms with Gasteiger partial charge in [-0.1, -0.05) is 73.6 Å². The van der Waals surface area contributed by atoms with Crippen LogP contribution in [-0.4, -0.2) is 28.6 Å². The minimum Gasteiger partial charge on any atom is -0.331 e. The maximum absolute atomic E-state index is 13.8. The van der Waals surface area contributed by atoms with Crippen molar-refractivity contribution in [3.8, 4) is 0 Å². The molecule has 0 radical (unpaired) electrons. The molecule has 4 aliphatic rings. The molecular weight excluding hydrogens is 434 g/mol. The molecule has 2 bridgehead atoms. The van der Waals surface area contributed by atoms with Gasteiger partial charge in [-0.3, -0.25) is 4.79 Å². The average Bonchev–Trinajstić information content (AvgIpc) is 3.58. The normalized spacial score (nSPS) is 27.9. The molecule has 3 atom stereocenters. The molecule has 0 aromatic rings. The Balaban J connectivity index is 1.42. The summed E-state index contributed by atoms with van der Waals surface area (Å²) in [5.74, 6) is 0.845. The van der Waals surface area contributed by atoms with E-state index in [0.29, 0.717) is 11.8 Å². The monoisotopic (exact) mass is 477 g/mol. The van der Waals surface area contributed by atoms with Crippen molar-refractivity contribution in [1.29, 1.82) is 0 Å². The van der Waals surface area contributed by atoms with E-state index < -0.39 is 0 Å². The van der Waals surface area contributed by atoms with Gasteiger partial charge < -0.3 is 4.90 Å². The smallest absolute Gasteiger partial charge is 0.227 e. The van der Waals surface area contributed by atoms with Crippen LogP contribution in [0, 0.1) is 11.8 Å². The summed E-state index contributed by atoms with van der Waals surface area (Å²) in [6.45, 7) is 4.48. The first-order valence-electron chi connectivity index (χ1n) is 13.7. The standard InChI is InChI=1S/C31H43NOS/c1-2-3-4-10-15-27-22-29(27)31(33)32(30-25-16-11-17-26(30)19-12-18-25)23-28(34)21-20-24-13-8-6-5-7-9-14-24/h2-4,10,13,15-17,27-30,34H,1,5-9,11-12,14,18-23H2/b4-3-,15-10+,24-13-/t27-,28?,29-/m0/s1. The van der Waals surface area contributed by atoms with Crippen LogP contribution in [0.25, 0.3) is 0 Å². The number of allylic oxidation sites excluding steroid dienone is 9. The SMILES string of the molecule is C=C/C=C\C=C\[C@H]1C[C@@H]1C(=O)N(CC(S)CC/C1=C\CCCCCC1)C1C2=CCC=C1CCC2. The maximum atomic E-state index is 13.8. The highest BCUT2D eigenvalue weighted by Crippen LogP contribution is 2.44. The lowest BCUT2D eigenvalue weighted by molar-refractivity contribution is -0.134. The highest BCUT2D eigenvalue weighted by molar-refractivity contribution is 7.81. The Bertz CT molecular complexity index is 856. The van der Waals surface area contributed by atoms with Crippen LogP contribution in [0.3, 0.4) is 0 Å². The second kappa shape index (κ2) is 12.8. The van der Waals surface area contributed by atoms with Crippen LogP contribution in [-0.2, 0) is 4.79 Å². The second-order valence-corrected chi connectivity index (χ2v) is 11.3. The topological polar surface area (TPSA) is 20.3 Å². The van der Waals surface area contributed by atoms with Gasteiger partial charge in [-0.2, -0.15) is 12.6 Å². The van der Waals surface area contributed by atoms with Gasteiger partial charge in [-0.05, 0) is 87.7 Å². The number of rotatable bonds is 10. The maximum Gasteiger partial charge on any atom is 0.227 e. The zero-order valence-corrected chi connectivity index (χ0v) is 21.7. The van der Waals surface area contributed by atoms with Gasteiger partial charge in [0.15, 0.2) is 0 Å². The first kappa shape index (κ1) is 25.4. The quantitative estimate of drug-likeness (QED) is 0.192. The van der Waals surface area contributed by atoms with E-state index in [2.05, 4.69) is 41.9 Å². The summed E-state index contributed by atoms with van der Waals surface area (Å²) in [5.41, 5.74) is 4.57. The number of thiol groups is 1. The van der Waals surface area contributed by atoms with E-state index in [1.54, 1.807) is 11.6 Å². The van der Waals surface area contributed by atoms with Crippen LogP contribution >= 0.6 is 12.6 Å². The fourth-order valence-corrected chi connectivity index (χ4v) is 6.25. The van der Waals surface area contributed by atoms with Gasteiger partial charge in [0.25, 0.3) is 0 Å². The van der Waals surface area contributed by atoms with Gasteiger partial charge in [0.2, 0.25) is 5.91 Å². The Morgan fingerprint density at radius 1 is 1.03 bits per heavy atom. The number of fused-ring (bicyclic) bond motifs is 2. The van der Waals surface area contributed by atoms with Crippen molar-refractivity contribution in [2.45, 2.75) is 94.8 Å². The molecule has 0 spiro atoms. The number of amides is 1. The first-order valence-corrected chi connectivity index (χ1v) is 14.2. The van der Waals surface area contributed by atoms with E-state index >= 15 is 0 Å². The van der Waals surface area contributed by atoms with E-state index in [1.807, 2.05) is 12.2 Å². The number of carbonyl (C=O) groups is 1. The third kappa shape index (κ3) is 6.90. The van der Waals surface area contributed by atoms with Crippen LogP contribution in [0.15, 0.2) is 71.9 Å². The Kier molecular flexibility index (Phi) is 9.56. The van der Waals surface area contributed by atoms with Crippen LogP contribution in [0.1, 0.15) is 83.5 Å². The molecule has 0 aromatic carbocycles. The molecular formula is C31H43NOS. The average molecular weight is 478 g/mol. The number of nitrogens with zero attached hydrogens (tertiary/aromatic N) is 1. The summed E-state index contributed by atoms with van der Waals surface area (Å²) < 4.78 is 0. The van der Waals surface area contributed by atoms with Gasteiger partial charge in [-0.15, -0.1) is 0 Å². The van der Waals surface area contributed by atoms with Crippen LogP contribution in [0.2, 0.25) is 0 Å². The van der Waals surface area contributed by atoms with Crippen molar-refractivity contribution in [2.75, 3.05) is 6.54 Å². The summed E-state index contributed by atoms with van der Waals surface area (Å²) >= 11 is 5.04. The number of carbonyl (C=O) groups excluding carboxylic acids is 1. The van der Waals surface area contributed by atoms with Crippen molar-refractivity contribution < 1.29 is 4.79 Å². The Morgan fingerprint density at radius 2 is 1.82 bits per heavy atom. The zero-order valence-electron chi connectivity index (χ0n) is 20.8. The molecule has 0 aliphatic heterocycles. The lowest BCUT2D eigenvalue weighted by Crippen LogP contribution is -2.48. The van der Waals surface area contributed by atoms with Gasteiger partial charge >= 0.3 is 0 Å².